The minimum Gasteiger partial charge on any atom is -0.391 e. The van der Waals surface area contributed by atoms with Crippen LogP contribution in [0.2, 0.25) is 0 Å². The molecule has 2 atom stereocenters. The molecule has 0 aromatic heterocycles. The summed E-state index contributed by atoms with van der Waals surface area (Å²) in [5.74, 6) is 0.656. The van der Waals surface area contributed by atoms with Gasteiger partial charge in [-0.3, -0.25) is 4.90 Å². The Morgan fingerprint density at radius 1 is 1.19 bits per heavy atom. The number of hydrogen-bond donors (Lipinski definition) is 1. The van der Waals surface area contributed by atoms with E-state index in [1.807, 2.05) is 13.8 Å². The molecule has 1 fully saturated rings. The molecule has 0 bridgehead atoms. The second-order valence-corrected chi connectivity index (χ2v) is 7.00. The average Bonchev–Trinajstić information content (AvgIpc) is 2.72. The SMILES string of the molecule is C=CNCC1C=CC=CC1.CC.CC1CCCCN1CC1=CCCC=C1. The van der Waals surface area contributed by atoms with Gasteiger partial charge in [-0.25, -0.2) is 0 Å². The minimum atomic E-state index is 0.656. The Morgan fingerprint density at radius 3 is 2.65 bits per heavy atom. The molecule has 1 heterocycles. The van der Waals surface area contributed by atoms with Crippen LogP contribution in [0, 0.1) is 5.92 Å². The first-order valence-electron chi connectivity index (χ1n) is 10.6. The zero-order chi connectivity index (χ0) is 19.0. The van der Waals surface area contributed by atoms with Gasteiger partial charge in [-0.05, 0) is 63.3 Å². The monoisotopic (exact) mass is 356 g/mol. The lowest BCUT2D eigenvalue weighted by Gasteiger charge is -2.33. The van der Waals surface area contributed by atoms with Crippen molar-refractivity contribution in [2.24, 2.45) is 5.92 Å². The molecule has 2 unspecified atom stereocenters. The quantitative estimate of drug-likeness (QED) is 0.648. The topological polar surface area (TPSA) is 15.3 Å². The van der Waals surface area contributed by atoms with Gasteiger partial charge in [-0.15, -0.1) is 0 Å². The summed E-state index contributed by atoms with van der Waals surface area (Å²) in [5.41, 5.74) is 1.53. The third-order valence-corrected chi connectivity index (χ3v) is 4.99. The Bertz CT molecular complexity index is 484. The van der Waals surface area contributed by atoms with Gasteiger partial charge in [0.25, 0.3) is 0 Å². The Balaban J connectivity index is 0.000000249. The van der Waals surface area contributed by atoms with E-state index in [0.29, 0.717) is 5.92 Å². The van der Waals surface area contributed by atoms with E-state index < -0.39 is 0 Å². The predicted octanol–water partition coefficient (Wildman–Crippen LogP) is 6.02. The van der Waals surface area contributed by atoms with Crippen molar-refractivity contribution in [3.8, 4) is 0 Å². The fraction of sp³-hybridized carbons (Fsp3) is 0.583. The molecule has 3 rings (SSSR count). The molecular weight excluding hydrogens is 316 g/mol. The maximum atomic E-state index is 3.59. The van der Waals surface area contributed by atoms with Gasteiger partial charge in [0.1, 0.15) is 0 Å². The summed E-state index contributed by atoms with van der Waals surface area (Å²) in [5, 5.41) is 3.10. The van der Waals surface area contributed by atoms with Crippen LogP contribution in [0.1, 0.15) is 59.3 Å². The van der Waals surface area contributed by atoms with Crippen molar-refractivity contribution in [2.75, 3.05) is 19.6 Å². The predicted molar refractivity (Wildman–Crippen MR) is 117 cm³/mol. The van der Waals surface area contributed by atoms with E-state index >= 15 is 0 Å². The van der Waals surface area contributed by atoms with Crippen LogP contribution in [0.25, 0.3) is 0 Å². The summed E-state index contributed by atoms with van der Waals surface area (Å²) in [6.45, 7) is 13.4. The Kier molecular flexibility index (Phi) is 12.6. The van der Waals surface area contributed by atoms with Crippen molar-refractivity contribution < 1.29 is 0 Å². The second kappa shape index (κ2) is 14.6. The minimum absolute atomic E-state index is 0.656. The molecule has 0 radical (unpaired) electrons. The molecule has 0 spiro atoms. The zero-order valence-corrected chi connectivity index (χ0v) is 17.3. The number of nitrogens with one attached hydrogen (secondary N) is 1. The maximum absolute atomic E-state index is 3.59. The van der Waals surface area contributed by atoms with Crippen LogP contribution in [0.4, 0.5) is 0 Å². The van der Waals surface area contributed by atoms with E-state index in [1.54, 1.807) is 6.20 Å². The number of piperidine rings is 1. The fourth-order valence-corrected chi connectivity index (χ4v) is 3.43. The summed E-state index contributed by atoms with van der Waals surface area (Å²) in [6.07, 6.45) is 25.2. The third-order valence-electron chi connectivity index (χ3n) is 4.99. The molecule has 1 aliphatic heterocycles. The highest BCUT2D eigenvalue weighted by Crippen LogP contribution is 2.19. The largest absolute Gasteiger partial charge is 0.391 e. The Morgan fingerprint density at radius 2 is 2.04 bits per heavy atom. The van der Waals surface area contributed by atoms with Gasteiger partial charge in [0, 0.05) is 19.1 Å². The van der Waals surface area contributed by atoms with Gasteiger partial charge >= 0.3 is 0 Å². The number of likely N-dealkylation sites (tertiary alicyclic amines) is 1. The van der Waals surface area contributed by atoms with Crippen LogP contribution < -0.4 is 5.32 Å². The van der Waals surface area contributed by atoms with Gasteiger partial charge < -0.3 is 5.32 Å². The fourth-order valence-electron chi connectivity index (χ4n) is 3.43. The first-order valence-corrected chi connectivity index (χ1v) is 10.6. The lowest BCUT2D eigenvalue weighted by molar-refractivity contribution is 0.176. The van der Waals surface area contributed by atoms with E-state index in [4.69, 9.17) is 0 Å². The molecular formula is C24H40N2. The van der Waals surface area contributed by atoms with E-state index in [1.165, 1.54) is 50.8 Å². The highest BCUT2D eigenvalue weighted by atomic mass is 15.2. The highest BCUT2D eigenvalue weighted by molar-refractivity contribution is 5.23. The van der Waals surface area contributed by atoms with Gasteiger partial charge in [0.05, 0.1) is 0 Å². The van der Waals surface area contributed by atoms with Gasteiger partial charge in [0.2, 0.25) is 0 Å². The van der Waals surface area contributed by atoms with Crippen molar-refractivity contribution in [1.29, 1.82) is 0 Å². The molecule has 0 saturated carbocycles. The van der Waals surface area contributed by atoms with Gasteiger partial charge in [-0.1, -0.05) is 69.4 Å². The summed E-state index contributed by atoms with van der Waals surface area (Å²) in [6, 6.07) is 0.792. The lowest BCUT2D eigenvalue weighted by atomic mass is 10.0. The molecule has 2 aliphatic carbocycles. The van der Waals surface area contributed by atoms with E-state index in [2.05, 4.69) is 66.3 Å². The normalized spacial score (nSPS) is 24.5. The number of hydrogen-bond acceptors (Lipinski definition) is 2. The van der Waals surface area contributed by atoms with Crippen molar-refractivity contribution in [2.45, 2.75) is 65.3 Å². The van der Waals surface area contributed by atoms with Crippen LogP contribution in [-0.2, 0) is 0 Å². The molecule has 3 aliphatic rings. The highest BCUT2D eigenvalue weighted by Gasteiger charge is 2.18. The average molecular weight is 357 g/mol. The van der Waals surface area contributed by atoms with Crippen LogP contribution in [-0.4, -0.2) is 30.6 Å². The van der Waals surface area contributed by atoms with Crippen molar-refractivity contribution in [3.05, 3.63) is 60.9 Å². The molecule has 26 heavy (non-hydrogen) atoms. The molecule has 1 saturated heterocycles. The molecule has 0 amide bonds. The molecule has 146 valence electrons. The van der Waals surface area contributed by atoms with Crippen molar-refractivity contribution in [1.82, 2.24) is 10.2 Å². The second-order valence-electron chi connectivity index (χ2n) is 7.00. The van der Waals surface area contributed by atoms with Crippen LogP contribution in [0.5, 0.6) is 0 Å². The molecule has 1 N–H and O–H groups in total. The number of allylic oxidation sites excluding steroid dienone is 5. The molecule has 2 nitrogen and oxygen atoms in total. The summed E-state index contributed by atoms with van der Waals surface area (Å²) >= 11 is 0. The Hall–Kier alpha value is -1.54. The summed E-state index contributed by atoms with van der Waals surface area (Å²) in [7, 11) is 0. The van der Waals surface area contributed by atoms with Crippen molar-refractivity contribution in [3.63, 3.8) is 0 Å². The van der Waals surface area contributed by atoms with Crippen LogP contribution >= 0.6 is 0 Å². The Labute approximate surface area is 162 Å². The molecule has 0 aromatic carbocycles. The van der Waals surface area contributed by atoms with Crippen LogP contribution in [0.3, 0.4) is 0 Å². The van der Waals surface area contributed by atoms with E-state index in [0.717, 1.165) is 19.0 Å². The molecule has 0 aromatic rings. The first-order chi connectivity index (χ1) is 12.8. The molecule has 2 heteroatoms. The zero-order valence-electron chi connectivity index (χ0n) is 17.3. The third kappa shape index (κ3) is 9.24. The maximum Gasteiger partial charge on any atom is 0.0233 e. The van der Waals surface area contributed by atoms with E-state index in [-0.39, 0.29) is 0 Å². The van der Waals surface area contributed by atoms with E-state index in [9.17, 15) is 0 Å². The van der Waals surface area contributed by atoms with Gasteiger partial charge in [0.15, 0.2) is 0 Å². The van der Waals surface area contributed by atoms with Crippen molar-refractivity contribution >= 4 is 0 Å². The smallest absolute Gasteiger partial charge is 0.0233 e. The summed E-state index contributed by atoms with van der Waals surface area (Å²) in [4.78, 5) is 2.63. The van der Waals surface area contributed by atoms with Crippen LogP contribution in [0.15, 0.2) is 60.9 Å². The summed E-state index contributed by atoms with van der Waals surface area (Å²) < 4.78 is 0. The van der Waals surface area contributed by atoms with Gasteiger partial charge in [-0.2, -0.15) is 0 Å². The first kappa shape index (κ1) is 22.5. The lowest BCUT2D eigenvalue weighted by Crippen LogP contribution is -2.38. The number of rotatable bonds is 5. The number of nitrogens with zero attached hydrogens (tertiary/aromatic N) is 1. The standard InChI is InChI=1S/C13H21N.C9H13N.C2H6/c1-12-7-5-6-10-14(12)11-13-8-3-2-4-9-13;1-2-10-8-9-6-4-3-5-7-9;1-2/h3,8-9,12H,2,4-7,10-11H2,1H3;2-6,9-10H,1,7-8H2;1-2H3.